The van der Waals surface area contributed by atoms with E-state index in [4.69, 9.17) is 0 Å². The average Bonchev–Trinajstić information content (AvgIpc) is 3.13. The van der Waals surface area contributed by atoms with Gasteiger partial charge in [0.2, 0.25) is 0 Å². The fraction of sp³-hybridized carbons (Fsp3) is 0.0233. The van der Waals surface area contributed by atoms with Crippen LogP contribution in [0.4, 0.5) is 42.9 Å². The van der Waals surface area contributed by atoms with E-state index in [1.54, 1.807) is 23.5 Å². The van der Waals surface area contributed by atoms with Gasteiger partial charge in [-0.05, 0) is 102 Å². The van der Waals surface area contributed by atoms with E-state index in [1.165, 1.54) is 24.3 Å². The lowest BCUT2D eigenvalue weighted by Crippen LogP contribution is -2.20. The van der Waals surface area contributed by atoms with Crippen molar-refractivity contribution < 1.29 is 8.78 Å². The number of halogens is 2. The normalized spacial score (nSPS) is 13.0. The third kappa shape index (κ3) is 5.02. The van der Waals surface area contributed by atoms with Crippen LogP contribution in [0.5, 0.6) is 0 Å². The highest BCUT2D eigenvalue weighted by molar-refractivity contribution is 8.00. The SMILES string of the molecule is Cc1c(-c2ccc(F)cc2)c(N2c3ccccc3Sc3ccccc32)cc(N2c3ccccc3Sc3ccccc32)c1-c1ccc(F)cc1. The van der Waals surface area contributed by atoms with Crippen LogP contribution in [0.3, 0.4) is 0 Å². The Morgan fingerprint density at radius 3 is 1.02 bits per heavy atom. The second kappa shape index (κ2) is 12.0. The zero-order chi connectivity index (χ0) is 33.1. The molecule has 49 heavy (non-hydrogen) atoms. The highest BCUT2D eigenvalue weighted by Crippen LogP contribution is 2.58. The smallest absolute Gasteiger partial charge is 0.123 e. The summed E-state index contributed by atoms with van der Waals surface area (Å²) in [5, 5.41) is 0. The van der Waals surface area contributed by atoms with Crippen molar-refractivity contribution in [2.24, 2.45) is 0 Å². The predicted molar refractivity (Wildman–Crippen MR) is 200 cm³/mol. The lowest BCUT2D eigenvalue weighted by Gasteiger charge is -2.38. The van der Waals surface area contributed by atoms with Crippen LogP contribution in [0, 0.1) is 18.6 Å². The van der Waals surface area contributed by atoms with Gasteiger partial charge >= 0.3 is 0 Å². The van der Waals surface area contributed by atoms with Gasteiger partial charge in [-0.3, -0.25) is 0 Å². The highest BCUT2D eigenvalue weighted by Gasteiger charge is 2.33. The molecule has 236 valence electrons. The maximum Gasteiger partial charge on any atom is 0.123 e. The molecule has 2 heterocycles. The fourth-order valence-corrected chi connectivity index (χ4v) is 9.14. The predicted octanol–water partition coefficient (Wildman–Crippen LogP) is 13.5. The zero-order valence-corrected chi connectivity index (χ0v) is 28.0. The van der Waals surface area contributed by atoms with Crippen molar-refractivity contribution in [2.45, 2.75) is 26.5 Å². The lowest BCUT2D eigenvalue weighted by atomic mass is 9.88. The summed E-state index contributed by atoms with van der Waals surface area (Å²) in [6.07, 6.45) is 0. The molecule has 0 radical (unpaired) electrons. The van der Waals surface area contributed by atoms with Crippen molar-refractivity contribution in [3.8, 4) is 22.3 Å². The largest absolute Gasteiger partial charge is 0.308 e. The van der Waals surface area contributed by atoms with Crippen LogP contribution >= 0.6 is 23.5 Å². The second-order valence-corrected chi connectivity index (χ2v) is 14.2. The first-order valence-electron chi connectivity index (χ1n) is 16.1. The fourth-order valence-electron chi connectivity index (χ4n) is 7.03. The van der Waals surface area contributed by atoms with Crippen molar-refractivity contribution in [1.82, 2.24) is 0 Å². The summed E-state index contributed by atoms with van der Waals surface area (Å²) in [4.78, 5) is 9.30. The van der Waals surface area contributed by atoms with Gasteiger partial charge < -0.3 is 9.80 Å². The lowest BCUT2D eigenvalue weighted by molar-refractivity contribution is 0.627. The molecule has 0 bridgehead atoms. The van der Waals surface area contributed by atoms with E-state index in [-0.39, 0.29) is 11.6 Å². The standard InChI is InChI=1S/C43H28F2N2S2/c1-27-42(28-18-22-30(44)23-19-28)36(46-32-10-2-6-14-38(32)48-39-15-7-3-11-33(39)46)26-37(43(27)29-20-24-31(45)25-21-29)47-34-12-4-8-16-40(34)49-41-17-9-5-13-35(41)47/h2-26H,1H3. The zero-order valence-electron chi connectivity index (χ0n) is 26.4. The van der Waals surface area contributed by atoms with Crippen LogP contribution in [0.1, 0.15) is 5.56 Å². The van der Waals surface area contributed by atoms with Crippen molar-refractivity contribution in [3.63, 3.8) is 0 Å². The first-order valence-corrected chi connectivity index (χ1v) is 17.7. The topological polar surface area (TPSA) is 6.48 Å². The van der Waals surface area contributed by atoms with E-state index >= 15 is 0 Å². The van der Waals surface area contributed by atoms with Gasteiger partial charge in [-0.15, -0.1) is 0 Å². The molecule has 0 fully saturated rings. The van der Waals surface area contributed by atoms with E-state index in [9.17, 15) is 8.78 Å². The van der Waals surface area contributed by atoms with Gasteiger partial charge in [0, 0.05) is 30.7 Å². The number of hydrogen-bond acceptors (Lipinski definition) is 4. The van der Waals surface area contributed by atoms with Crippen molar-refractivity contribution >= 4 is 57.6 Å². The third-order valence-electron chi connectivity index (χ3n) is 9.15. The van der Waals surface area contributed by atoms with Crippen LogP contribution in [-0.4, -0.2) is 0 Å². The monoisotopic (exact) mass is 674 g/mol. The van der Waals surface area contributed by atoms with Crippen LogP contribution in [-0.2, 0) is 0 Å². The van der Waals surface area contributed by atoms with Crippen molar-refractivity contribution in [1.29, 1.82) is 0 Å². The second-order valence-electron chi connectivity index (χ2n) is 12.0. The summed E-state index contributed by atoms with van der Waals surface area (Å²) in [7, 11) is 0. The number of hydrogen-bond donors (Lipinski definition) is 0. The number of fused-ring (bicyclic) bond motifs is 4. The molecule has 0 unspecified atom stereocenters. The Morgan fingerprint density at radius 2 is 0.694 bits per heavy atom. The molecule has 0 aliphatic carbocycles. The first kappa shape index (κ1) is 29.8. The Morgan fingerprint density at radius 1 is 0.388 bits per heavy atom. The highest BCUT2D eigenvalue weighted by atomic mass is 32.2. The maximum atomic E-state index is 14.5. The van der Waals surface area contributed by atoms with Gasteiger partial charge in [-0.2, -0.15) is 0 Å². The Balaban J connectivity index is 1.44. The van der Waals surface area contributed by atoms with E-state index < -0.39 is 0 Å². The number of anilines is 6. The Kier molecular flexibility index (Phi) is 7.29. The molecule has 0 atom stereocenters. The average molecular weight is 675 g/mol. The summed E-state index contributed by atoms with van der Waals surface area (Å²) in [6, 6.07) is 49.7. The minimum Gasteiger partial charge on any atom is -0.308 e. The molecule has 0 saturated carbocycles. The van der Waals surface area contributed by atoms with Crippen molar-refractivity contribution in [2.75, 3.05) is 9.80 Å². The Labute approximate surface area is 292 Å². The number of benzene rings is 7. The third-order valence-corrected chi connectivity index (χ3v) is 11.4. The summed E-state index contributed by atoms with van der Waals surface area (Å²) < 4.78 is 28.9. The maximum absolute atomic E-state index is 14.5. The van der Waals surface area contributed by atoms with Gasteiger partial charge in [0.1, 0.15) is 11.6 Å². The van der Waals surface area contributed by atoms with Crippen LogP contribution in [0.15, 0.2) is 171 Å². The molecule has 9 rings (SSSR count). The summed E-state index contributed by atoms with van der Waals surface area (Å²) in [6.45, 7) is 2.14. The minimum atomic E-state index is -0.289. The number of rotatable bonds is 4. The molecule has 2 nitrogen and oxygen atoms in total. The molecular formula is C43H28F2N2S2. The van der Waals surface area contributed by atoms with E-state index in [0.717, 1.165) is 81.5 Å². The van der Waals surface area contributed by atoms with Crippen LogP contribution < -0.4 is 9.80 Å². The Bertz CT molecular complexity index is 2130. The molecule has 0 aromatic heterocycles. The van der Waals surface area contributed by atoms with E-state index in [0.29, 0.717) is 0 Å². The van der Waals surface area contributed by atoms with E-state index in [1.807, 2.05) is 24.3 Å². The van der Waals surface area contributed by atoms with E-state index in [2.05, 4.69) is 120 Å². The molecule has 7 aromatic carbocycles. The molecule has 7 aromatic rings. The molecule has 6 heteroatoms. The molecule has 2 aliphatic rings. The van der Waals surface area contributed by atoms with Crippen LogP contribution in [0.25, 0.3) is 22.3 Å². The Hall–Kier alpha value is -5.30. The molecule has 0 N–H and O–H groups in total. The van der Waals surface area contributed by atoms with Crippen molar-refractivity contribution in [3.05, 3.63) is 169 Å². The quantitative estimate of drug-likeness (QED) is 0.183. The summed E-state index contributed by atoms with van der Waals surface area (Å²) in [5.74, 6) is -0.579. The molecule has 0 saturated heterocycles. The van der Waals surface area contributed by atoms with Crippen LogP contribution in [0.2, 0.25) is 0 Å². The van der Waals surface area contributed by atoms with Gasteiger partial charge in [-0.1, -0.05) is 96.3 Å². The summed E-state index contributed by atoms with van der Waals surface area (Å²) in [5.41, 5.74) is 11.0. The van der Waals surface area contributed by atoms with Gasteiger partial charge in [0.05, 0.1) is 34.1 Å². The summed E-state index contributed by atoms with van der Waals surface area (Å²) >= 11 is 3.53. The van der Waals surface area contributed by atoms with Gasteiger partial charge in [0.15, 0.2) is 0 Å². The number of nitrogens with zero attached hydrogens (tertiary/aromatic N) is 2. The van der Waals surface area contributed by atoms with Gasteiger partial charge in [-0.25, -0.2) is 8.78 Å². The van der Waals surface area contributed by atoms with Gasteiger partial charge in [0.25, 0.3) is 0 Å². The molecule has 2 aliphatic heterocycles. The molecule has 0 spiro atoms. The minimum absolute atomic E-state index is 0.289. The molecule has 0 amide bonds. The number of para-hydroxylation sites is 4. The first-order chi connectivity index (χ1) is 24.0. The molecular weight excluding hydrogens is 647 g/mol.